The summed E-state index contributed by atoms with van der Waals surface area (Å²) >= 11 is 0. The van der Waals surface area contributed by atoms with Crippen molar-refractivity contribution in [3.63, 3.8) is 0 Å². The Balaban J connectivity index is 2.45. The minimum absolute atomic E-state index is 0.319. The number of benzene rings is 2. The van der Waals surface area contributed by atoms with Gasteiger partial charge in [-0.05, 0) is 49.5 Å². The van der Waals surface area contributed by atoms with Crippen LogP contribution in [-0.2, 0) is 12.4 Å². The molecule has 0 radical (unpaired) electrons. The first-order valence-electron chi connectivity index (χ1n) is 7.76. The molecule has 2 aromatic rings. The van der Waals surface area contributed by atoms with Crippen molar-refractivity contribution in [1.29, 1.82) is 0 Å². The van der Waals surface area contributed by atoms with Crippen LogP contribution >= 0.6 is 0 Å². The summed E-state index contributed by atoms with van der Waals surface area (Å²) in [5, 5.41) is 5.79. The SMILES string of the molecule is CNC(c1cccc(C(F)(F)F)c1)[C@H](NC)c1cccc(C(F)(F)F)c1. The molecule has 2 aromatic carbocycles. The zero-order valence-electron chi connectivity index (χ0n) is 14.0. The van der Waals surface area contributed by atoms with Gasteiger partial charge in [0.05, 0.1) is 23.2 Å². The highest BCUT2D eigenvalue weighted by Crippen LogP contribution is 2.36. The molecule has 8 heteroatoms. The molecule has 1 unspecified atom stereocenters. The monoisotopic (exact) mass is 376 g/mol. The smallest absolute Gasteiger partial charge is 0.311 e. The van der Waals surface area contributed by atoms with Gasteiger partial charge in [-0.2, -0.15) is 26.3 Å². The largest absolute Gasteiger partial charge is 0.416 e. The lowest BCUT2D eigenvalue weighted by Crippen LogP contribution is -2.32. The summed E-state index contributed by atoms with van der Waals surface area (Å²) in [6, 6.07) is 8.16. The van der Waals surface area contributed by atoms with Crippen molar-refractivity contribution in [2.24, 2.45) is 0 Å². The van der Waals surface area contributed by atoms with Gasteiger partial charge in [-0.3, -0.25) is 0 Å². The van der Waals surface area contributed by atoms with Crippen molar-refractivity contribution in [3.05, 3.63) is 70.8 Å². The zero-order valence-corrected chi connectivity index (χ0v) is 14.0. The molecular weight excluding hydrogens is 358 g/mol. The van der Waals surface area contributed by atoms with Crippen LogP contribution in [0.25, 0.3) is 0 Å². The van der Waals surface area contributed by atoms with Gasteiger partial charge < -0.3 is 10.6 Å². The molecule has 0 fully saturated rings. The summed E-state index contributed by atoms with van der Waals surface area (Å²) in [6.45, 7) is 0. The molecule has 0 aliphatic heterocycles. The van der Waals surface area contributed by atoms with Crippen LogP contribution in [0.1, 0.15) is 34.3 Å². The van der Waals surface area contributed by atoms with E-state index in [4.69, 9.17) is 0 Å². The van der Waals surface area contributed by atoms with E-state index in [0.29, 0.717) is 11.1 Å². The second kappa shape index (κ2) is 7.67. The second-order valence-corrected chi connectivity index (χ2v) is 5.78. The van der Waals surface area contributed by atoms with E-state index in [2.05, 4.69) is 10.6 Å². The van der Waals surface area contributed by atoms with E-state index < -0.39 is 35.6 Å². The number of likely N-dealkylation sites (N-methyl/N-ethyl adjacent to an activating group) is 2. The zero-order chi connectivity index (χ0) is 19.5. The lowest BCUT2D eigenvalue weighted by atomic mass is 9.91. The summed E-state index contributed by atoms with van der Waals surface area (Å²) in [6.07, 6.45) is -9.00. The highest BCUT2D eigenvalue weighted by molar-refractivity contribution is 5.34. The molecule has 0 spiro atoms. The molecule has 0 saturated carbocycles. The fourth-order valence-electron chi connectivity index (χ4n) is 2.87. The van der Waals surface area contributed by atoms with Crippen LogP contribution in [0, 0.1) is 0 Å². The Bertz CT molecular complexity index is 675. The van der Waals surface area contributed by atoms with Gasteiger partial charge in [0.1, 0.15) is 0 Å². The van der Waals surface area contributed by atoms with Crippen LogP contribution in [0.2, 0.25) is 0 Å². The Hall–Kier alpha value is -2.06. The topological polar surface area (TPSA) is 24.1 Å². The van der Waals surface area contributed by atoms with Gasteiger partial charge in [0.2, 0.25) is 0 Å². The fraction of sp³-hybridized carbons (Fsp3) is 0.333. The van der Waals surface area contributed by atoms with Crippen molar-refractivity contribution in [3.8, 4) is 0 Å². The molecule has 142 valence electrons. The van der Waals surface area contributed by atoms with E-state index >= 15 is 0 Å². The van der Waals surface area contributed by atoms with E-state index in [1.165, 1.54) is 24.3 Å². The molecule has 26 heavy (non-hydrogen) atoms. The summed E-state index contributed by atoms with van der Waals surface area (Å²) in [5.41, 5.74) is -0.985. The fourth-order valence-corrected chi connectivity index (χ4v) is 2.87. The molecule has 0 saturated heterocycles. The number of halogens is 6. The molecule has 0 aliphatic rings. The molecule has 2 atom stereocenters. The Morgan fingerprint density at radius 3 is 1.27 bits per heavy atom. The Labute approximate surface area is 147 Å². The van der Waals surface area contributed by atoms with Crippen molar-refractivity contribution in [1.82, 2.24) is 10.6 Å². The van der Waals surface area contributed by atoms with Crippen molar-refractivity contribution >= 4 is 0 Å². The minimum atomic E-state index is -4.50. The molecular formula is C18H18F6N2. The molecule has 2 rings (SSSR count). The van der Waals surface area contributed by atoms with E-state index in [9.17, 15) is 26.3 Å². The predicted molar refractivity (Wildman–Crippen MR) is 86.5 cm³/mol. The molecule has 0 aliphatic carbocycles. The second-order valence-electron chi connectivity index (χ2n) is 5.78. The minimum Gasteiger partial charge on any atom is -0.311 e. The van der Waals surface area contributed by atoms with Crippen molar-refractivity contribution < 1.29 is 26.3 Å². The maximum absolute atomic E-state index is 13.0. The van der Waals surface area contributed by atoms with Crippen molar-refractivity contribution in [2.75, 3.05) is 14.1 Å². The van der Waals surface area contributed by atoms with Crippen LogP contribution in [0.15, 0.2) is 48.5 Å². The summed E-state index contributed by atoms with van der Waals surface area (Å²) in [7, 11) is 3.09. The van der Waals surface area contributed by atoms with E-state index in [1.54, 1.807) is 14.1 Å². The van der Waals surface area contributed by atoms with Crippen LogP contribution in [0.4, 0.5) is 26.3 Å². The lowest BCUT2D eigenvalue weighted by Gasteiger charge is -2.28. The number of nitrogens with one attached hydrogen (secondary N) is 2. The third-order valence-electron chi connectivity index (χ3n) is 4.10. The summed E-state index contributed by atoms with van der Waals surface area (Å²) < 4.78 is 77.8. The average Bonchev–Trinajstić information content (AvgIpc) is 2.58. The highest BCUT2D eigenvalue weighted by atomic mass is 19.4. The maximum Gasteiger partial charge on any atom is 0.416 e. The first kappa shape index (κ1) is 20.3. The van der Waals surface area contributed by atoms with E-state index in [1.807, 2.05) is 0 Å². The summed E-state index contributed by atoms with van der Waals surface area (Å²) in [5.74, 6) is 0. The van der Waals surface area contributed by atoms with Gasteiger partial charge in [-0.15, -0.1) is 0 Å². The Kier molecular flexibility index (Phi) is 5.98. The first-order chi connectivity index (χ1) is 12.1. The van der Waals surface area contributed by atoms with Gasteiger partial charge in [0, 0.05) is 0 Å². The third-order valence-corrected chi connectivity index (χ3v) is 4.10. The molecule has 0 aromatic heterocycles. The van der Waals surface area contributed by atoms with Crippen LogP contribution in [-0.4, -0.2) is 14.1 Å². The quantitative estimate of drug-likeness (QED) is 0.722. The van der Waals surface area contributed by atoms with Crippen molar-refractivity contribution in [2.45, 2.75) is 24.4 Å². The molecule has 0 amide bonds. The predicted octanol–water partition coefficient (Wildman–Crippen LogP) is 4.95. The summed E-state index contributed by atoms with van der Waals surface area (Å²) in [4.78, 5) is 0. The number of rotatable bonds is 5. The number of hydrogen-bond donors (Lipinski definition) is 2. The maximum atomic E-state index is 13.0. The van der Waals surface area contributed by atoms with Crippen LogP contribution in [0.3, 0.4) is 0 Å². The molecule has 0 heterocycles. The van der Waals surface area contributed by atoms with E-state index in [0.717, 1.165) is 24.3 Å². The molecule has 0 bridgehead atoms. The first-order valence-corrected chi connectivity index (χ1v) is 7.76. The average molecular weight is 376 g/mol. The van der Waals surface area contributed by atoms with Crippen LogP contribution in [0.5, 0.6) is 0 Å². The van der Waals surface area contributed by atoms with Gasteiger partial charge >= 0.3 is 12.4 Å². The highest BCUT2D eigenvalue weighted by Gasteiger charge is 2.33. The third kappa shape index (κ3) is 4.56. The Morgan fingerprint density at radius 1 is 0.654 bits per heavy atom. The van der Waals surface area contributed by atoms with Gasteiger partial charge in [-0.25, -0.2) is 0 Å². The van der Waals surface area contributed by atoms with Gasteiger partial charge in [0.15, 0.2) is 0 Å². The molecule has 2 nitrogen and oxygen atoms in total. The van der Waals surface area contributed by atoms with Crippen LogP contribution < -0.4 is 10.6 Å². The standard InChI is InChI=1S/C18H18F6N2/c1-25-15(11-5-3-7-13(9-11)17(19,20)21)16(26-2)12-6-4-8-14(10-12)18(22,23)24/h3-10,15-16,25-26H,1-2H3/t15-,16?/m1/s1. The van der Waals surface area contributed by atoms with E-state index in [-0.39, 0.29) is 0 Å². The lowest BCUT2D eigenvalue weighted by molar-refractivity contribution is -0.138. The number of alkyl halides is 6. The Morgan fingerprint density at radius 2 is 1.00 bits per heavy atom. The normalized spacial score (nSPS) is 14.9. The number of hydrogen-bond acceptors (Lipinski definition) is 2. The van der Waals surface area contributed by atoms with Gasteiger partial charge in [-0.1, -0.05) is 24.3 Å². The molecule has 2 N–H and O–H groups in total. The van der Waals surface area contributed by atoms with Gasteiger partial charge in [0.25, 0.3) is 0 Å².